The first-order valence-corrected chi connectivity index (χ1v) is 13.8. The number of hydrogen-bond donors (Lipinski definition) is 2. The number of amides is 1. The van der Waals surface area contributed by atoms with Crippen LogP contribution in [0, 0.1) is 0 Å². The molecule has 1 aromatic heterocycles. The maximum atomic E-state index is 14.1. The molecule has 0 spiro atoms. The Bertz CT molecular complexity index is 1270. The van der Waals surface area contributed by atoms with Crippen molar-refractivity contribution in [3.8, 4) is 11.3 Å². The molecule has 1 aliphatic heterocycles. The van der Waals surface area contributed by atoms with Gasteiger partial charge in [-0.2, -0.15) is 13.2 Å². The molecule has 1 aliphatic carbocycles. The molecule has 2 fully saturated rings. The number of aliphatic hydroxyl groups is 1. The van der Waals surface area contributed by atoms with E-state index in [1.807, 2.05) is 65.6 Å². The van der Waals surface area contributed by atoms with Crippen LogP contribution in [0.5, 0.6) is 0 Å². The number of hydrogen-bond acceptors (Lipinski definition) is 5. The van der Waals surface area contributed by atoms with Gasteiger partial charge in [0.15, 0.2) is 5.69 Å². The predicted octanol–water partition coefficient (Wildman–Crippen LogP) is 5.05. The second-order valence-corrected chi connectivity index (χ2v) is 10.7. The minimum absolute atomic E-state index is 0. The average molecular weight is 593 g/mol. The molecule has 1 saturated heterocycles. The predicted molar refractivity (Wildman–Crippen MR) is 152 cm³/mol. The molecule has 2 N–H and O–H groups in total. The lowest BCUT2D eigenvalue weighted by Gasteiger charge is -2.41. The van der Waals surface area contributed by atoms with Gasteiger partial charge in [0.25, 0.3) is 5.91 Å². The molecule has 2 heterocycles. The van der Waals surface area contributed by atoms with Crippen molar-refractivity contribution in [2.45, 2.75) is 56.0 Å². The van der Waals surface area contributed by atoms with Crippen LogP contribution in [-0.2, 0) is 11.2 Å². The Balaban J connectivity index is 0.00000387. The summed E-state index contributed by atoms with van der Waals surface area (Å²) in [5.74, 6) is -0.201. The van der Waals surface area contributed by atoms with E-state index in [-0.39, 0.29) is 30.0 Å². The lowest BCUT2D eigenvalue weighted by Crippen LogP contribution is -2.54. The molecule has 3 aromatic rings. The molecule has 11 heteroatoms. The van der Waals surface area contributed by atoms with E-state index in [0.717, 1.165) is 17.5 Å². The number of halogens is 4. The molecular weight excluding hydrogens is 557 g/mol. The second-order valence-electron chi connectivity index (χ2n) is 10.7. The maximum Gasteiger partial charge on any atom is 0.411 e. The summed E-state index contributed by atoms with van der Waals surface area (Å²) in [7, 11) is 0. The summed E-state index contributed by atoms with van der Waals surface area (Å²) in [5.41, 5.74) is 1.19. The molecule has 7 nitrogen and oxygen atoms in total. The Kier molecular flexibility index (Phi) is 10.1. The fourth-order valence-electron chi connectivity index (χ4n) is 5.98. The van der Waals surface area contributed by atoms with Crippen LogP contribution in [0.4, 0.5) is 13.2 Å². The highest BCUT2D eigenvalue weighted by atomic mass is 35.5. The van der Waals surface area contributed by atoms with E-state index in [9.17, 15) is 23.1 Å². The fourth-order valence-corrected chi connectivity index (χ4v) is 5.98. The van der Waals surface area contributed by atoms with E-state index in [1.54, 1.807) is 10.9 Å². The number of aromatic nitrogens is 2. The van der Waals surface area contributed by atoms with Gasteiger partial charge in [-0.3, -0.25) is 4.79 Å². The molecular formula is C30H36ClF3N4O3. The molecule has 5 rings (SSSR count). The van der Waals surface area contributed by atoms with Gasteiger partial charge < -0.3 is 24.6 Å². The van der Waals surface area contributed by atoms with Gasteiger partial charge in [-0.15, -0.1) is 12.4 Å². The van der Waals surface area contributed by atoms with Crippen LogP contribution in [0.1, 0.15) is 47.8 Å². The van der Waals surface area contributed by atoms with E-state index in [4.69, 9.17) is 4.74 Å². The first-order valence-electron chi connectivity index (χ1n) is 13.8. The standard InChI is InChI=1S/C30H35F3N4O3.ClH/c31-30(32,33)20-40-19-29(39)14-8-7-13-25(29)37-21-35-26(27(37)23-11-5-2-6-12-23)28(38)36-16-15-34-18-24(36)17-22-9-3-1-4-10-22;/h1-6,9-12,21,24-25,34,39H,7-8,13-20H2;1H/t24-,25?,29?;/m1./s1. The van der Waals surface area contributed by atoms with Crippen LogP contribution < -0.4 is 5.32 Å². The van der Waals surface area contributed by atoms with Crippen LogP contribution >= 0.6 is 12.4 Å². The van der Waals surface area contributed by atoms with Gasteiger partial charge in [0.05, 0.1) is 24.7 Å². The number of imidazole rings is 1. The minimum Gasteiger partial charge on any atom is -0.385 e. The zero-order valence-corrected chi connectivity index (χ0v) is 23.5. The number of rotatable bonds is 8. The van der Waals surface area contributed by atoms with Crippen molar-refractivity contribution in [1.29, 1.82) is 0 Å². The summed E-state index contributed by atoms with van der Waals surface area (Å²) in [4.78, 5) is 20.6. The van der Waals surface area contributed by atoms with E-state index in [1.165, 1.54) is 0 Å². The zero-order valence-electron chi connectivity index (χ0n) is 22.7. The number of alkyl halides is 3. The number of piperazine rings is 1. The van der Waals surface area contributed by atoms with Gasteiger partial charge in [-0.05, 0) is 24.8 Å². The Hall–Kier alpha value is -2.92. The van der Waals surface area contributed by atoms with Gasteiger partial charge in [-0.25, -0.2) is 4.98 Å². The van der Waals surface area contributed by atoms with Crippen molar-refractivity contribution < 1.29 is 27.8 Å². The van der Waals surface area contributed by atoms with Gasteiger partial charge in [0, 0.05) is 31.2 Å². The highest BCUT2D eigenvalue weighted by Crippen LogP contribution is 2.41. The van der Waals surface area contributed by atoms with Crippen molar-refractivity contribution in [3.05, 3.63) is 78.2 Å². The summed E-state index contributed by atoms with van der Waals surface area (Å²) in [5, 5.41) is 15.0. The molecule has 2 aromatic carbocycles. The molecule has 41 heavy (non-hydrogen) atoms. The van der Waals surface area contributed by atoms with E-state index in [0.29, 0.717) is 51.0 Å². The average Bonchev–Trinajstić information content (AvgIpc) is 3.38. The highest BCUT2D eigenvalue weighted by molar-refractivity contribution is 5.98. The van der Waals surface area contributed by atoms with Gasteiger partial charge in [-0.1, -0.05) is 73.5 Å². The van der Waals surface area contributed by atoms with E-state index < -0.39 is 31.0 Å². The Morgan fingerprint density at radius 1 is 1.10 bits per heavy atom. The van der Waals surface area contributed by atoms with Crippen molar-refractivity contribution in [3.63, 3.8) is 0 Å². The molecule has 2 aliphatic rings. The monoisotopic (exact) mass is 592 g/mol. The summed E-state index contributed by atoms with van der Waals surface area (Å²) in [6.45, 7) is -0.0365. The van der Waals surface area contributed by atoms with Crippen LogP contribution in [-0.4, -0.2) is 76.1 Å². The number of nitrogens with zero attached hydrogens (tertiary/aromatic N) is 3. The van der Waals surface area contributed by atoms with E-state index in [2.05, 4.69) is 10.3 Å². The van der Waals surface area contributed by atoms with Crippen molar-refractivity contribution in [2.75, 3.05) is 32.8 Å². The highest BCUT2D eigenvalue weighted by Gasteiger charge is 2.43. The maximum absolute atomic E-state index is 14.1. The molecule has 3 atom stereocenters. The SMILES string of the molecule is Cl.O=C(c1ncn(C2CCCCC2(O)COCC(F)(F)F)c1-c1ccccc1)N1CCNC[C@H]1Cc1ccccc1. The molecule has 0 radical (unpaired) electrons. The second kappa shape index (κ2) is 13.4. The number of benzene rings is 2. The molecule has 0 bridgehead atoms. The number of carbonyl (C=O) groups is 1. The van der Waals surface area contributed by atoms with Crippen molar-refractivity contribution in [1.82, 2.24) is 19.8 Å². The van der Waals surface area contributed by atoms with E-state index >= 15 is 0 Å². The third kappa shape index (κ3) is 7.30. The van der Waals surface area contributed by atoms with Crippen molar-refractivity contribution in [2.24, 2.45) is 0 Å². The van der Waals surface area contributed by atoms with Gasteiger partial charge in [0.1, 0.15) is 12.2 Å². The molecule has 222 valence electrons. The quantitative estimate of drug-likeness (QED) is 0.383. The number of nitrogens with one attached hydrogen (secondary N) is 1. The summed E-state index contributed by atoms with van der Waals surface area (Å²) >= 11 is 0. The molecule has 1 saturated carbocycles. The Morgan fingerprint density at radius 3 is 2.51 bits per heavy atom. The molecule has 2 unspecified atom stereocenters. The topological polar surface area (TPSA) is 79.6 Å². The first kappa shape index (κ1) is 31.0. The van der Waals surface area contributed by atoms with Crippen LogP contribution in [0.15, 0.2) is 67.0 Å². The van der Waals surface area contributed by atoms with Gasteiger partial charge >= 0.3 is 6.18 Å². The molecule has 1 amide bonds. The van der Waals surface area contributed by atoms with Crippen LogP contribution in [0.3, 0.4) is 0 Å². The summed E-state index contributed by atoms with van der Waals surface area (Å²) in [6.07, 6.45) is 0.0466. The van der Waals surface area contributed by atoms with Crippen molar-refractivity contribution >= 4 is 18.3 Å². The van der Waals surface area contributed by atoms with Crippen LogP contribution in [0.25, 0.3) is 11.3 Å². The minimum atomic E-state index is -4.48. The smallest absolute Gasteiger partial charge is 0.385 e. The normalized spacial score (nSPS) is 23.2. The largest absolute Gasteiger partial charge is 0.411 e. The fraction of sp³-hybridized carbons (Fsp3) is 0.467. The number of carbonyl (C=O) groups excluding carboxylic acids is 1. The lowest BCUT2D eigenvalue weighted by molar-refractivity contribution is -0.193. The number of ether oxygens (including phenoxy) is 1. The third-order valence-electron chi connectivity index (χ3n) is 7.88. The third-order valence-corrected chi connectivity index (χ3v) is 7.88. The Morgan fingerprint density at radius 2 is 1.80 bits per heavy atom. The Labute approximate surface area is 244 Å². The summed E-state index contributed by atoms with van der Waals surface area (Å²) in [6, 6.07) is 18.7. The zero-order chi connectivity index (χ0) is 28.2. The summed E-state index contributed by atoms with van der Waals surface area (Å²) < 4.78 is 45.2. The first-order chi connectivity index (χ1) is 19.3. The van der Waals surface area contributed by atoms with Crippen LogP contribution in [0.2, 0.25) is 0 Å². The lowest BCUT2D eigenvalue weighted by atomic mass is 9.80. The van der Waals surface area contributed by atoms with Gasteiger partial charge in [0.2, 0.25) is 0 Å².